The number of Topliss-reactive ketones (excluding diaryl/α,β-unsaturated/α-hetero) is 1. The van der Waals surface area contributed by atoms with Gasteiger partial charge in [-0.05, 0) is 74.2 Å². The number of hydrogen-bond donors (Lipinski definition) is 5. The van der Waals surface area contributed by atoms with Crippen LogP contribution in [0.25, 0.3) is 11.3 Å². The Balaban J connectivity index is 0.000000424. The number of carboxylic acids is 2. The number of carbonyl (C=O) groups excluding carboxylic acids is 2. The highest BCUT2D eigenvalue weighted by atomic mass is 19.4. The van der Waals surface area contributed by atoms with E-state index in [2.05, 4.69) is 52.0 Å². The smallest absolute Gasteiger partial charge is 0.475 e. The SMILES string of the molecule is CC(=O)CCCCC[C@H](NC(=O)C1CC2(CCNCC2)c2ccccc21)c1ncc(-c2ccccc2)[nH]1.O=C(O)C(F)(F)F.O=C(O)C(F)(F)F. The van der Waals surface area contributed by atoms with E-state index in [1.54, 1.807) is 6.92 Å². The lowest BCUT2D eigenvalue weighted by Crippen LogP contribution is -2.39. The van der Waals surface area contributed by atoms with Crippen LogP contribution in [0.2, 0.25) is 0 Å². The molecular weight excluding hydrogens is 686 g/mol. The van der Waals surface area contributed by atoms with E-state index in [0.717, 1.165) is 75.1 Å². The Bertz CT molecular complexity index is 1600. The Hall–Kier alpha value is -4.73. The van der Waals surface area contributed by atoms with Crippen LogP contribution in [-0.4, -0.2) is 69.3 Å². The normalized spacial score (nSPS) is 16.8. The number of aromatic nitrogens is 2. The minimum Gasteiger partial charge on any atom is -0.475 e. The lowest BCUT2D eigenvalue weighted by Gasteiger charge is -2.35. The number of carbonyl (C=O) groups is 4. The number of amides is 1. The zero-order chi connectivity index (χ0) is 37.8. The molecule has 5 rings (SSSR count). The first-order valence-corrected chi connectivity index (χ1v) is 16.2. The number of aliphatic carboxylic acids is 2. The molecule has 0 bridgehead atoms. The lowest BCUT2D eigenvalue weighted by atomic mass is 9.74. The van der Waals surface area contributed by atoms with Gasteiger partial charge in [0.25, 0.3) is 0 Å². The summed E-state index contributed by atoms with van der Waals surface area (Å²) >= 11 is 0. The maximum atomic E-state index is 13.9. The Kier molecular flexibility index (Phi) is 14.3. The van der Waals surface area contributed by atoms with Gasteiger partial charge in [0, 0.05) is 6.42 Å². The van der Waals surface area contributed by atoms with Crippen molar-refractivity contribution in [1.82, 2.24) is 20.6 Å². The number of rotatable bonds is 10. The summed E-state index contributed by atoms with van der Waals surface area (Å²) < 4.78 is 63.5. The van der Waals surface area contributed by atoms with Crippen molar-refractivity contribution < 1.29 is 55.7 Å². The maximum Gasteiger partial charge on any atom is 0.490 e. The highest BCUT2D eigenvalue weighted by molar-refractivity contribution is 5.86. The Labute approximate surface area is 290 Å². The van der Waals surface area contributed by atoms with Gasteiger partial charge >= 0.3 is 24.3 Å². The third-order valence-corrected chi connectivity index (χ3v) is 8.71. The maximum absolute atomic E-state index is 13.9. The van der Waals surface area contributed by atoms with E-state index in [-0.39, 0.29) is 29.1 Å². The Morgan fingerprint density at radius 3 is 2.02 bits per heavy atom. The molecule has 1 aliphatic heterocycles. The number of aromatic amines is 1. The van der Waals surface area contributed by atoms with Gasteiger partial charge in [-0.3, -0.25) is 4.79 Å². The van der Waals surface area contributed by atoms with Crippen LogP contribution in [0.1, 0.15) is 87.2 Å². The second kappa shape index (κ2) is 18.0. The van der Waals surface area contributed by atoms with Gasteiger partial charge in [0.05, 0.1) is 23.9 Å². The fourth-order valence-corrected chi connectivity index (χ4v) is 6.23. The van der Waals surface area contributed by atoms with Crippen molar-refractivity contribution in [2.24, 2.45) is 0 Å². The first-order valence-electron chi connectivity index (χ1n) is 16.2. The third-order valence-electron chi connectivity index (χ3n) is 8.71. The molecule has 5 N–H and O–H groups in total. The zero-order valence-corrected chi connectivity index (χ0v) is 27.7. The summed E-state index contributed by atoms with van der Waals surface area (Å²) in [6.45, 7) is 3.64. The van der Waals surface area contributed by atoms with Crippen molar-refractivity contribution in [2.75, 3.05) is 13.1 Å². The standard InChI is InChI=1S/C31H38N4O2.2C2HF3O2/c1-22(36)10-4-2-7-15-27(29-33-21-28(34-29)23-11-5-3-6-12-23)35-30(37)25-20-31(16-18-32-19-17-31)26-14-9-8-13-24(25)26;2*3-2(4,5)1(6)7/h3,5-6,8-9,11-14,21,25,27,32H,2,4,7,10,15-20H2,1H3,(H,33,34)(H,35,37);2*(H,6,7)/t25?,27-;;/m0../s1. The molecule has 1 aliphatic carbocycles. The first kappa shape index (κ1) is 40.7. The van der Waals surface area contributed by atoms with Crippen molar-refractivity contribution in [1.29, 1.82) is 0 Å². The summed E-state index contributed by atoms with van der Waals surface area (Å²) in [5.74, 6) is -4.54. The molecule has 278 valence electrons. The van der Waals surface area contributed by atoms with E-state index in [9.17, 15) is 35.9 Å². The summed E-state index contributed by atoms with van der Waals surface area (Å²) in [5, 5.41) is 21.1. The first-order chi connectivity index (χ1) is 23.9. The van der Waals surface area contributed by atoms with E-state index in [4.69, 9.17) is 24.8 Å². The number of halogens is 6. The molecule has 51 heavy (non-hydrogen) atoms. The number of imidazole rings is 1. The minimum atomic E-state index is -5.08. The molecule has 2 aromatic carbocycles. The van der Waals surface area contributed by atoms with Crippen LogP contribution >= 0.6 is 0 Å². The number of benzene rings is 2. The van der Waals surface area contributed by atoms with Crippen molar-refractivity contribution in [3.8, 4) is 11.3 Å². The van der Waals surface area contributed by atoms with Gasteiger partial charge < -0.3 is 30.6 Å². The van der Waals surface area contributed by atoms with Crippen molar-refractivity contribution in [3.63, 3.8) is 0 Å². The van der Waals surface area contributed by atoms with Crippen LogP contribution in [-0.2, 0) is 24.6 Å². The largest absolute Gasteiger partial charge is 0.490 e. The molecule has 1 amide bonds. The molecule has 10 nitrogen and oxygen atoms in total. The summed E-state index contributed by atoms with van der Waals surface area (Å²) in [4.78, 5) is 51.2. The van der Waals surface area contributed by atoms with Gasteiger partial charge in [-0.2, -0.15) is 26.3 Å². The molecule has 1 spiro atoms. The second-order valence-electron chi connectivity index (χ2n) is 12.4. The average molecular weight is 727 g/mol. The fraction of sp³-hybridized carbons (Fsp3) is 0.457. The molecule has 16 heteroatoms. The molecule has 1 saturated heterocycles. The number of nitrogens with zero attached hydrogens (tertiary/aromatic N) is 1. The molecule has 2 aliphatic rings. The van der Waals surface area contributed by atoms with E-state index < -0.39 is 24.3 Å². The number of unbranched alkanes of at least 4 members (excludes halogenated alkanes) is 2. The molecule has 1 unspecified atom stereocenters. The van der Waals surface area contributed by atoms with Crippen LogP contribution in [0.5, 0.6) is 0 Å². The number of nitrogens with one attached hydrogen (secondary N) is 3. The highest BCUT2D eigenvalue weighted by Crippen LogP contribution is 2.51. The molecule has 1 fully saturated rings. The number of alkyl halides is 6. The van der Waals surface area contributed by atoms with Crippen LogP contribution in [0, 0.1) is 0 Å². The van der Waals surface area contributed by atoms with Crippen LogP contribution in [0.15, 0.2) is 60.8 Å². The van der Waals surface area contributed by atoms with Gasteiger partial charge in [-0.25, -0.2) is 14.6 Å². The van der Waals surface area contributed by atoms with Gasteiger partial charge in [0.2, 0.25) is 5.91 Å². The summed E-state index contributed by atoms with van der Waals surface area (Å²) in [7, 11) is 0. The number of ketones is 1. The lowest BCUT2D eigenvalue weighted by molar-refractivity contribution is -0.193. The summed E-state index contributed by atoms with van der Waals surface area (Å²) in [6.07, 6.45) is -1.11. The van der Waals surface area contributed by atoms with Crippen molar-refractivity contribution >= 4 is 23.6 Å². The average Bonchev–Trinajstić information content (AvgIpc) is 3.69. The minimum absolute atomic E-state index is 0.0919. The summed E-state index contributed by atoms with van der Waals surface area (Å²) in [6, 6.07) is 18.5. The molecular formula is C35H40F6N4O6. The summed E-state index contributed by atoms with van der Waals surface area (Å²) in [5.41, 5.74) is 4.67. The Morgan fingerprint density at radius 1 is 0.882 bits per heavy atom. The van der Waals surface area contributed by atoms with Crippen molar-refractivity contribution in [2.45, 2.75) is 88.0 Å². The van der Waals surface area contributed by atoms with E-state index in [1.807, 2.05) is 24.4 Å². The van der Waals surface area contributed by atoms with E-state index in [1.165, 1.54) is 11.1 Å². The molecule has 3 aromatic rings. The van der Waals surface area contributed by atoms with Gasteiger partial charge in [0.1, 0.15) is 11.6 Å². The quantitative estimate of drug-likeness (QED) is 0.112. The molecule has 0 saturated carbocycles. The van der Waals surface area contributed by atoms with Gasteiger partial charge in [0.15, 0.2) is 0 Å². The van der Waals surface area contributed by atoms with Crippen LogP contribution in [0.3, 0.4) is 0 Å². The van der Waals surface area contributed by atoms with Gasteiger partial charge in [-0.1, -0.05) is 67.4 Å². The highest BCUT2D eigenvalue weighted by Gasteiger charge is 2.46. The molecule has 2 atom stereocenters. The van der Waals surface area contributed by atoms with Crippen LogP contribution < -0.4 is 10.6 Å². The number of fused-ring (bicyclic) bond motifs is 2. The van der Waals surface area contributed by atoms with Gasteiger partial charge in [-0.15, -0.1) is 0 Å². The van der Waals surface area contributed by atoms with Crippen LogP contribution in [0.4, 0.5) is 26.3 Å². The second-order valence-corrected chi connectivity index (χ2v) is 12.4. The predicted octanol–water partition coefficient (Wildman–Crippen LogP) is 6.85. The zero-order valence-electron chi connectivity index (χ0n) is 27.7. The number of hydrogen-bond acceptors (Lipinski definition) is 6. The van der Waals surface area contributed by atoms with E-state index >= 15 is 0 Å². The van der Waals surface area contributed by atoms with Crippen molar-refractivity contribution in [3.05, 3.63) is 77.7 Å². The third kappa shape index (κ3) is 11.9. The Morgan fingerprint density at radius 2 is 1.45 bits per heavy atom. The molecule has 0 radical (unpaired) electrons. The number of piperidine rings is 1. The monoisotopic (exact) mass is 726 g/mol. The van der Waals surface area contributed by atoms with E-state index in [0.29, 0.717) is 6.42 Å². The predicted molar refractivity (Wildman–Crippen MR) is 174 cm³/mol. The number of carboxylic acid groups (broad SMARTS) is 2. The fourth-order valence-electron chi connectivity index (χ4n) is 6.23. The molecule has 2 heterocycles. The number of H-pyrrole nitrogens is 1. The molecule has 1 aromatic heterocycles. The topological polar surface area (TPSA) is 161 Å².